The molecule has 4 aromatic rings. The maximum Gasteiger partial charge on any atom is 0.410 e. The standard InChI is InChI=1S/C27H29FN6O2/c1-18-15-32(26(35)36-27(2,3)4)11-12-33(18)24-23-22(19-7-6-10-29-14-19)16-34(25(23)31-17-30-24)21-9-5-8-20(28)13-21/h5-10,13-14,16-18H,11-12,15H2,1-4H3/t18-/m0/s1. The molecule has 0 bridgehead atoms. The number of pyridine rings is 1. The molecular formula is C27H29FN6O2. The first-order valence-corrected chi connectivity index (χ1v) is 12.0. The Morgan fingerprint density at radius 1 is 1.14 bits per heavy atom. The zero-order valence-electron chi connectivity index (χ0n) is 20.8. The summed E-state index contributed by atoms with van der Waals surface area (Å²) in [6.45, 7) is 9.27. The fourth-order valence-electron chi connectivity index (χ4n) is 4.59. The molecule has 5 rings (SSSR count). The number of aromatic nitrogens is 4. The number of amides is 1. The lowest BCUT2D eigenvalue weighted by atomic mass is 10.1. The first kappa shape index (κ1) is 23.7. The predicted molar refractivity (Wildman–Crippen MR) is 137 cm³/mol. The molecular weight excluding hydrogens is 459 g/mol. The third-order valence-electron chi connectivity index (χ3n) is 6.17. The van der Waals surface area contributed by atoms with Gasteiger partial charge in [0.25, 0.3) is 0 Å². The second-order valence-corrected chi connectivity index (χ2v) is 10.00. The summed E-state index contributed by atoms with van der Waals surface area (Å²) in [6, 6.07) is 10.3. The molecule has 0 aliphatic carbocycles. The van der Waals surface area contributed by atoms with E-state index in [1.165, 1.54) is 18.5 Å². The van der Waals surface area contributed by atoms with E-state index in [-0.39, 0.29) is 18.0 Å². The van der Waals surface area contributed by atoms with Crippen molar-refractivity contribution < 1.29 is 13.9 Å². The van der Waals surface area contributed by atoms with Gasteiger partial charge < -0.3 is 19.1 Å². The minimum Gasteiger partial charge on any atom is -0.444 e. The SMILES string of the molecule is C[C@H]1CN(C(=O)OC(C)(C)C)CCN1c1ncnc2c1c(-c1cccnc1)cn2-c1cccc(F)c1. The molecule has 1 aliphatic heterocycles. The van der Waals surface area contributed by atoms with Gasteiger partial charge in [-0.2, -0.15) is 0 Å². The van der Waals surface area contributed by atoms with Gasteiger partial charge in [-0.25, -0.2) is 19.2 Å². The Morgan fingerprint density at radius 3 is 2.67 bits per heavy atom. The summed E-state index contributed by atoms with van der Waals surface area (Å²) in [7, 11) is 0. The normalized spacial score (nSPS) is 16.4. The third-order valence-corrected chi connectivity index (χ3v) is 6.17. The number of piperazine rings is 1. The van der Waals surface area contributed by atoms with Crippen molar-refractivity contribution in [3.05, 3.63) is 67.1 Å². The highest BCUT2D eigenvalue weighted by molar-refractivity contribution is 6.02. The highest BCUT2D eigenvalue weighted by Crippen LogP contribution is 2.37. The number of hydrogen-bond donors (Lipinski definition) is 0. The maximum absolute atomic E-state index is 14.1. The van der Waals surface area contributed by atoms with E-state index in [4.69, 9.17) is 9.72 Å². The second-order valence-electron chi connectivity index (χ2n) is 10.00. The average molecular weight is 489 g/mol. The summed E-state index contributed by atoms with van der Waals surface area (Å²) in [5.41, 5.74) is 2.61. The predicted octanol–water partition coefficient (Wildman–Crippen LogP) is 5.07. The summed E-state index contributed by atoms with van der Waals surface area (Å²) in [5.74, 6) is 0.448. The fourth-order valence-corrected chi connectivity index (χ4v) is 4.59. The molecule has 1 aromatic carbocycles. The van der Waals surface area contributed by atoms with Gasteiger partial charge in [0, 0.05) is 61.1 Å². The topological polar surface area (TPSA) is 76.4 Å². The van der Waals surface area contributed by atoms with Crippen LogP contribution in [0.3, 0.4) is 0 Å². The lowest BCUT2D eigenvalue weighted by molar-refractivity contribution is 0.0218. The van der Waals surface area contributed by atoms with Crippen molar-refractivity contribution in [3.8, 4) is 16.8 Å². The number of rotatable bonds is 3. The van der Waals surface area contributed by atoms with Crippen LogP contribution in [-0.4, -0.2) is 61.8 Å². The van der Waals surface area contributed by atoms with Crippen LogP contribution in [0.4, 0.5) is 15.0 Å². The monoisotopic (exact) mass is 488 g/mol. The zero-order valence-corrected chi connectivity index (χ0v) is 20.8. The van der Waals surface area contributed by atoms with Crippen LogP contribution in [0.15, 0.2) is 61.3 Å². The van der Waals surface area contributed by atoms with E-state index in [9.17, 15) is 9.18 Å². The highest BCUT2D eigenvalue weighted by atomic mass is 19.1. The van der Waals surface area contributed by atoms with Gasteiger partial charge in [0.15, 0.2) is 5.65 Å². The highest BCUT2D eigenvalue weighted by Gasteiger charge is 2.32. The molecule has 0 N–H and O–H groups in total. The third kappa shape index (κ3) is 4.60. The van der Waals surface area contributed by atoms with Gasteiger partial charge in [-0.05, 0) is 52.0 Å². The number of halogens is 1. The summed E-state index contributed by atoms with van der Waals surface area (Å²) in [4.78, 5) is 30.2. The average Bonchev–Trinajstić information content (AvgIpc) is 3.24. The Morgan fingerprint density at radius 2 is 1.97 bits per heavy atom. The Bertz CT molecular complexity index is 1400. The van der Waals surface area contributed by atoms with Gasteiger partial charge in [0.05, 0.1) is 5.39 Å². The van der Waals surface area contributed by atoms with E-state index in [1.807, 2.05) is 49.7 Å². The van der Waals surface area contributed by atoms with Crippen LogP contribution in [0.2, 0.25) is 0 Å². The molecule has 0 saturated carbocycles. The van der Waals surface area contributed by atoms with Crippen LogP contribution in [0.5, 0.6) is 0 Å². The number of benzene rings is 1. The van der Waals surface area contributed by atoms with Gasteiger partial charge in [-0.15, -0.1) is 0 Å². The molecule has 0 radical (unpaired) electrons. The molecule has 1 saturated heterocycles. The van der Waals surface area contributed by atoms with Gasteiger partial charge in [0.1, 0.15) is 23.6 Å². The number of nitrogens with zero attached hydrogens (tertiary/aromatic N) is 6. The quantitative estimate of drug-likeness (QED) is 0.401. The van der Waals surface area contributed by atoms with Gasteiger partial charge in [0.2, 0.25) is 0 Å². The molecule has 3 aromatic heterocycles. The van der Waals surface area contributed by atoms with Crippen molar-refractivity contribution >= 4 is 22.9 Å². The van der Waals surface area contributed by atoms with Crippen LogP contribution >= 0.6 is 0 Å². The molecule has 0 spiro atoms. The molecule has 1 atom stereocenters. The van der Waals surface area contributed by atoms with Crippen LogP contribution in [0.1, 0.15) is 27.7 Å². The van der Waals surface area contributed by atoms with E-state index in [2.05, 4.69) is 21.8 Å². The fraction of sp³-hybridized carbons (Fsp3) is 0.333. The molecule has 1 amide bonds. The van der Waals surface area contributed by atoms with E-state index < -0.39 is 5.60 Å². The minimum absolute atomic E-state index is 0.0105. The molecule has 4 heterocycles. The largest absolute Gasteiger partial charge is 0.444 e. The number of fused-ring (bicyclic) bond motifs is 1. The van der Waals surface area contributed by atoms with E-state index in [0.29, 0.717) is 31.0 Å². The van der Waals surface area contributed by atoms with Crippen LogP contribution in [0, 0.1) is 5.82 Å². The van der Waals surface area contributed by atoms with E-state index in [1.54, 1.807) is 23.4 Å². The summed E-state index contributed by atoms with van der Waals surface area (Å²) >= 11 is 0. The van der Waals surface area contributed by atoms with Gasteiger partial charge in [-0.1, -0.05) is 12.1 Å². The molecule has 1 fully saturated rings. The van der Waals surface area contributed by atoms with Crippen molar-refractivity contribution in [1.82, 2.24) is 24.4 Å². The van der Waals surface area contributed by atoms with Crippen molar-refractivity contribution in [2.45, 2.75) is 39.3 Å². The summed E-state index contributed by atoms with van der Waals surface area (Å²) in [5, 5.41) is 0.854. The van der Waals surface area contributed by atoms with Crippen LogP contribution in [-0.2, 0) is 4.74 Å². The van der Waals surface area contributed by atoms with Crippen molar-refractivity contribution in [3.63, 3.8) is 0 Å². The number of hydrogen-bond acceptors (Lipinski definition) is 6. The molecule has 1 aliphatic rings. The lowest BCUT2D eigenvalue weighted by Gasteiger charge is -2.41. The van der Waals surface area contributed by atoms with E-state index in [0.717, 1.165) is 22.3 Å². The van der Waals surface area contributed by atoms with Gasteiger partial charge in [-0.3, -0.25) is 4.98 Å². The Balaban J connectivity index is 1.58. The smallest absolute Gasteiger partial charge is 0.410 e. The zero-order chi connectivity index (χ0) is 25.4. The maximum atomic E-state index is 14.1. The second kappa shape index (κ2) is 9.22. The van der Waals surface area contributed by atoms with E-state index >= 15 is 0 Å². The summed E-state index contributed by atoms with van der Waals surface area (Å²) in [6.07, 6.45) is 6.70. The number of carbonyl (C=O) groups excluding carboxylic acids is 1. The first-order valence-electron chi connectivity index (χ1n) is 12.0. The molecule has 9 heteroatoms. The van der Waals surface area contributed by atoms with Crippen molar-refractivity contribution in [2.75, 3.05) is 24.5 Å². The number of anilines is 1. The Kier molecular flexibility index (Phi) is 6.07. The Labute approximate surface area is 209 Å². The molecule has 36 heavy (non-hydrogen) atoms. The van der Waals surface area contributed by atoms with Gasteiger partial charge >= 0.3 is 6.09 Å². The number of ether oxygens (including phenoxy) is 1. The lowest BCUT2D eigenvalue weighted by Crippen LogP contribution is -2.54. The minimum atomic E-state index is -0.547. The van der Waals surface area contributed by atoms with Crippen molar-refractivity contribution in [1.29, 1.82) is 0 Å². The summed E-state index contributed by atoms with van der Waals surface area (Å²) < 4.78 is 21.6. The van der Waals surface area contributed by atoms with Crippen LogP contribution in [0.25, 0.3) is 27.8 Å². The molecule has 8 nitrogen and oxygen atoms in total. The number of carbonyl (C=O) groups is 1. The van der Waals surface area contributed by atoms with Crippen LogP contribution < -0.4 is 4.90 Å². The molecule has 186 valence electrons. The molecule has 0 unspecified atom stereocenters. The van der Waals surface area contributed by atoms with Crippen molar-refractivity contribution in [2.24, 2.45) is 0 Å². The first-order chi connectivity index (χ1) is 17.2. The Hall–Kier alpha value is -4.01.